The number of hydrogen-bond donors (Lipinski definition) is 1. The van der Waals surface area contributed by atoms with Crippen molar-refractivity contribution in [3.63, 3.8) is 0 Å². The van der Waals surface area contributed by atoms with Crippen LogP contribution in [0.3, 0.4) is 0 Å². The highest BCUT2D eigenvalue weighted by molar-refractivity contribution is 5.94. The number of ether oxygens (including phenoxy) is 1. The number of nitrogens with one attached hydrogen (secondary N) is 1. The quantitative estimate of drug-likeness (QED) is 0.468. The Bertz CT molecular complexity index is 1460. The van der Waals surface area contributed by atoms with Gasteiger partial charge in [0, 0.05) is 32.4 Å². The highest BCUT2D eigenvalue weighted by Crippen LogP contribution is 2.27. The van der Waals surface area contributed by atoms with Gasteiger partial charge in [-0.3, -0.25) is 9.78 Å². The van der Waals surface area contributed by atoms with Gasteiger partial charge in [-0.1, -0.05) is 31.2 Å². The van der Waals surface area contributed by atoms with Gasteiger partial charge in [0.15, 0.2) is 6.17 Å². The van der Waals surface area contributed by atoms with Gasteiger partial charge in [-0.05, 0) is 54.5 Å². The van der Waals surface area contributed by atoms with Gasteiger partial charge in [-0.25, -0.2) is 23.1 Å². The van der Waals surface area contributed by atoms with Crippen molar-refractivity contribution in [2.45, 2.75) is 33.0 Å². The number of halogens is 3. The Morgan fingerprint density at radius 1 is 1.18 bits per heavy atom. The van der Waals surface area contributed by atoms with Crippen molar-refractivity contribution < 1.29 is 22.7 Å². The zero-order valence-corrected chi connectivity index (χ0v) is 23.1. The topological polar surface area (TPSA) is 80.2 Å². The molecule has 10 heteroatoms. The van der Waals surface area contributed by atoms with Crippen LogP contribution in [0.25, 0.3) is 23.5 Å². The first-order valence-corrected chi connectivity index (χ1v) is 12.9. The van der Waals surface area contributed by atoms with Crippen molar-refractivity contribution in [3.8, 4) is 11.4 Å². The third kappa shape index (κ3) is 7.98. The number of fused-ring (bicyclic) bond motifs is 1. The van der Waals surface area contributed by atoms with Crippen molar-refractivity contribution >= 4 is 23.9 Å². The van der Waals surface area contributed by atoms with Crippen LogP contribution < -0.4 is 20.8 Å². The van der Waals surface area contributed by atoms with E-state index in [1.54, 1.807) is 6.07 Å². The number of nitrogens with zero attached hydrogens (tertiary/aromatic N) is 4. The molecule has 4 rings (SSSR count). The highest BCUT2D eigenvalue weighted by Gasteiger charge is 2.22. The van der Waals surface area contributed by atoms with Crippen LogP contribution in [0.2, 0.25) is 0 Å². The van der Waals surface area contributed by atoms with E-state index in [1.807, 2.05) is 75.3 Å². The maximum Gasteiger partial charge on any atom is 0.253 e. The molecule has 0 bridgehead atoms. The number of anilines is 1. The summed E-state index contributed by atoms with van der Waals surface area (Å²) in [4.78, 5) is 28.7. The smallest absolute Gasteiger partial charge is 0.253 e. The Morgan fingerprint density at radius 3 is 2.62 bits per heavy atom. The van der Waals surface area contributed by atoms with Gasteiger partial charge >= 0.3 is 0 Å². The third-order valence-electron chi connectivity index (χ3n) is 6.07. The zero-order valence-electron chi connectivity index (χ0n) is 23.1. The third-order valence-corrected chi connectivity index (χ3v) is 6.07. The molecular weight excluding hydrogens is 519 g/mol. The Morgan fingerprint density at radius 2 is 1.93 bits per heavy atom. The molecule has 7 nitrogen and oxygen atoms in total. The maximum absolute atomic E-state index is 14.2. The van der Waals surface area contributed by atoms with Gasteiger partial charge in [-0.15, -0.1) is 0 Å². The molecule has 0 spiro atoms. The molecule has 0 fully saturated rings. The normalized spacial score (nSPS) is 15.7. The molecule has 0 radical (unpaired) electrons. The van der Waals surface area contributed by atoms with Crippen LogP contribution >= 0.6 is 0 Å². The van der Waals surface area contributed by atoms with Gasteiger partial charge < -0.3 is 15.0 Å². The van der Waals surface area contributed by atoms with E-state index in [9.17, 15) is 18.0 Å². The fourth-order valence-corrected chi connectivity index (χ4v) is 4.08. The molecular formula is C30H34F3N5O2. The molecule has 0 aliphatic carbocycles. The summed E-state index contributed by atoms with van der Waals surface area (Å²) in [6.45, 7) is 2.80. The number of carbonyl (C=O) groups is 1. The largest absolute Gasteiger partial charge is 0.372 e. The molecule has 1 aliphatic heterocycles. The molecule has 3 aromatic heterocycles. The lowest BCUT2D eigenvalue weighted by Gasteiger charge is -2.19. The summed E-state index contributed by atoms with van der Waals surface area (Å²) in [7, 11) is 3.91. The SMILES string of the molecule is C/C=c1/ccc(-c2cccc(N(C)C)n2)n/c1=C/C(=C/CC)CNC(=O)c1cnc2c(c1)C(F)COC2.FCF. The van der Waals surface area contributed by atoms with E-state index in [1.165, 1.54) is 6.20 Å². The number of alkyl halides is 3. The molecule has 3 aromatic rings. The summed E-state index contributed by atoms with van der Waals surface area (Å²) in [5.74, 6) is 0.548. The lowest BCUT2D eigenvalue weighted by molar-refractivity contribution is 0.0484. The van der Waals surface area contributed by atoms with E-state index in [2.05, 4.69) is 16.4 Å². The molecule has 1 unspecified atom stereocenters. The first-order chi connectivity index (χ1) is 19.3. The number of allylic oxidation sites excluding steroid dienone is 1. The molecule has 40 heavy (non-hydrogen) atoms. The van der Waals surface area contributed by atoms with E-state index in [0.717, 1.165) is 39.8 Å². The molecule has 1 amide bonds. The number of rotatable bonds is 7. The highest BCUT2D eigenvalue weighted by atomic mass is 19.3. The zero-order chi connectivity index (χ0) is 29.1. The lowest BCUT2D eigenvalue weighted by Crippen LogP contribution is -2.30. The van der Waals surface area contributed by atoms with E-state index >= 15 is 0 Å². The molecule has 1 N–H and O–H groups in total. The number of pyridine rings is 3. The molecule has 212 valence electrons. The van der Waals surface area contributed by atoms with Crippen LogP contribution in [0, 0.1) is 0 Å². The molecule has 1 aliphatic rings. The standard InChI is InChI=1S/C29H32FN5O2.CH2F2/c1-5-8-19(15-32-29(36)21-14-22-23(30)17-37-18-27(22)31-16-21)13-26-20(6-2)11-12-25(33-26)24-9-7-10-28(34-24)35(3)4;2-1-3/h6-14,16,23H,5,15,17-18H2,1-4H3,(H,32,36);1H2/b19-8-,20-6-,26-13+;. The van der Waals surface area contributed by atoms with Crippen LogP contribution in [-0.2, 0) is 11.3 Å². The predicted octanol–water partition coefficient (Wildman–Crippen LogP) is 4.38. The number of hydrogen-bond acceptors (Lipinski definition) is 6. The second-order valence-corrected chi connectivity index (χ2v) is 9.09. The summed E-state index contributed by atoms with van der Waals surface area (Å²) in [5.41, 5.74) is 3.76. The molecule has 0 saturated heterocycles. The monoisotopic (exact) mass is 553 g/mol. The van der Waals surface area contributed by atoms with Crippen molar-refractivity contribution in [3.05, 3.63) is 81.6 Å². The number of aromatic nitrogens is 3. The van der Waals surface area contributed by atoms with Gasteiger partial charge in [0.05, 0.1) is 41.2 Å². The summed E-state index contributed by atoms with van der Waals surface area (Å²) < 4.78 is 38.7. The minimum atomic E-state index is -1.75. The van der Waals surface area contributed by atoms with E-state index in [0.29, 0.717) is 23.4 Å². The first-order valence-electron chi connectivity index (χ1n) is 12.9. The van der Waals surface area contributed by atoms with Gasteiger partial charge in [-0.2, -0.15) is 0 Å². The van der Waals surface area contributed by atoms with Crippen molar-refractivity contribution in [1.82, 2.24) is 20.3 Å². The van der Waals surface area contributed by atoms with Gasteiger partial charge in [0.1, 0.15) is 5.82 Å². The Kier molecular flexibility index (Phi) is 11.4. The summed E-state index contributed by atoms with van der Waals surface area (Å²) in [6, 6.07) is 11.4. The molecule has 0 aromatic carbocycles. The average Bonchev–Trinajstić information content (AvgIpc) is 2.96. The van der Waals surface area contributed by atoms with Crippen molar-refractivity contribution in [2.24, 2.45) is 0 Å². The fraction of sp³-hybridized carbons (Fsp3) is 0.333. The Hall–Kier alpha value is -4.05. The molecule has 4 heterocycles. The number of amides is 1. The molecule has 0 saturated carbocycles. The Labute approximate surface area is 232 Å². The van der Waals surface area contributed by atoms with E-state index in [-0.39, 0.29) is 19.1 Å². The second kappa shape index (κ2) is 14.9. The van der Waals surface area contributed by atoms with Crippen molar-refractivity contribution in [1.29, 1.82) is 0 Å². The minimum Gasteiger partial charge on any atom is -0.372 e. The number of carbonyl (C=O) groups excluding carboxylic acids is 1. The maximum atomic E-state index is 14.2. The summed E-state index contributed by atoms with van der Waals surface area (Å²) >= 11 is 0. The van der Waals surface area contributed by atoms with Crippen molar-refractivity contribution in [2.75, 3.05) is 39.1 Å². The van der Waals surface area contributed by atoms with Gasteiger partial charge in [0.2, 0.25) is 6.93 Å². The lowest BCUT2D eigenvalue weighted by atomic mass is 10.0. The van der Waals surface area contributed by atoms with Crippen LogP contribution in [0.5, 0.6) is 0 Å². The summed E-state index contributed by atoms with van der Waals surface area (Å²) in [5, 5.41) is 4.72. The van der Waals surface area contributed by atoms with E-state index < -0.39 is 13.1 Å². The van der Waals surface area contributed by atoms with Crippen LogP contribution in [0.1, 0.15) is 48.1 Å². The minimum absolute atomic E-state index is 0.0180. The first kappa shape index (κ1) is 30.5. The van der Waals surface area contributed by atoms with Crippen LogP contribution in [-0.4, -0.2) is 55.0 Å². The Balaban J connectivity index is 0.00000141. The molecule has 1 atom stereocenters. The van der Waals surface area contributed by atoms with Gasteiger partial charge in [0.25, 0.3) is 5.91 Å². The van der Waals surface area contributed by atoms with Crippen LogP contribution in [0.15, 0.2) is 54.2 Å². The average molecular weight is 554 g/mol. The predicted molar refractivity (Wildman–Crippen MR) is 151 cm³/mol. The summed E-state index contributed by atoms with van der Waals surface area (Å²) in [6.07, 6.45) is 7.03. The fourth-order valence-electron chi connectivity index (χ4n) is 4.08. The van der Waals surface area contributed by atoms with Crippen LogP contribution in [0.4, 0.5) is 19.0 Å². The second-order valence-electron chi connectivity index (χ2n) is 9.09. The van der Waals surface area contributed by atoms with E-state index in [4.69, 9.17) is 14.7 Å².